The van der Waals surface area contributed by atoms with Crippen molar-refractivity contribution < 1.29 is 171 Å². The zero-order valence-electron chi connectivity index (χ0n) is 39.3. The van der Waals surface area contributed by atoms with E-state index in [1.165, 1.54) is 0 Å². The second-order valence-electron chi connectivity index (χ2n) is 17.3. The quantitative estimate of drug-likeness (QED) is 0.0554. The zero-order chi connectivity index (χ0) is 66.9. The van der Waals surface area contributed by atoms with Gasteiger partial charge in [-0.1, -0.05) is 0 Å². The van der Waals surface area contributed by atoms with E-state index < -0.39 is 256 Å². The van der Waals surface area contributed by atoms with Gasteiger partial charge in [0.1, 0.15) is 0 Å². The molecule has 0 aliphatic heterocycles. The van der Waals surface area contributed by atoms with E-state index >= 15 is 61.5 Å². The van der Waals surface area contributed by atoms with Crippen LogP contribution >= 0.6 is 0 Å². The number of rotatable bonds is 10. The molecule has 7 aromatic rings. The first-order valence-corrected chi connectivity index (χ1v) is 31.0. The molecular formula is C46H5F39Ga2-2. The second kappa shape index (κ2) is 22.9. The summed E-state index contributed by atoms with van der Waals surface area (Å²) in [6.07, 6.45) is -8.14. The van der Waals surface area contributed by atoms with Gasteiger partial charge in [-0.15, -0.1) is 0 Å². The SMILES string of the molecule is Fc1c(F)c(F)[c]([Ga-]([c]2c(F)c(F)c(F)c(F)c2F)([c]2c(F)c(F)c(F)c(F)c2F)[C](F)(F)C(F)(F)C(F)(F)C(F)(F)F)c(F)c1F.Fc1c(F)c(F)[c]([Ga-]([c]2ccccc2)([c]2c(F)c(F)c(F)c(F)c2F)[c]2c(F)c(F)c(F)c(F)c2F)c(F)c1F. The molecule has 0 aliphatic carbocycles. The first-order valence-electron chi connectivity index (χ1n) is 21.3. The predicted molar refractivity (Wildman–Crippen MR) is 214 cm³/mol. The molecule has 0 aromatic heterocycles. The van der Waals surface area contributed by atoms with Gasteiger partial charge in [0.2, 0.25) is 0 Å². The minimum atomic E-state index is -11.4. The molecule has 0 radical (unpaired) electrons. The Balaban J connectivity index is 0.000000281. The fourth-order valence-corrected chi connectivity index (χ4v) is 33.3. The number of benzene rings is 7. The van der Waals surface area contributed by atoms with Crippen LogP contribution in [0.3, 0.4) is 0 Å². The maximum absolute atomic E-state index is 16.1. The summed E-state index contributed by atoms with van der Waals surface area (Å²) < 4.78 is 537. The summed E-state index contributed by atoms with van der Waals surface area (Å²) in [6.45, 7) is 0. The molecule has 0 atom stereocenters. The van der Waals surface area contributed by atoms with Crippen LogP contribution in [0.4, 0.5) is 171 Å². The van der Waals surface area contributed by atoms with Crippen LogP contribution in [0.5, 0.6) is 0 Å². The summed E-state index contributed by atoms with van der Waals surface area (Å²) in [4.78, 5) is 0. The van der Waals surface area contributed by atoms with Crippen LogP contribution < -0.4 is 28.8 Å². The number of halogens is 39. The molecule has 41 heteroatoms. The Morgan fingerprint density at radius 1 is 0.195 bits per heavy atom. The zero-order valence-corrected chi connectivity index (χ0v) is 44.1. The van der Waals surface area contributed by atoms with Gasteiger partial charge in [-0.25, -0.2) is 0 Å². The molecule has 0 nitrogen and oxygen atoms in total. The Hall–Kier alpha value is -6.92. The molecule has 0 saturated carbocycles. The summed E-state index contributed by atoms with van der Waals surface area (Å²) in [6, 6.07) is 3.46. The van der Waals surface area contributed by atoms with Gasteiger partial charge in [0, 0.05) is 0 Å². The van der Waals surface area contributed by atoms with E-state index in [-0.39, 0.29) is 0 Å². The first kappa shape index (κ1) is 69.2. The molecule has 0 heterocycles. The predicted octanol–water partition coefficient (Wildman–Crippen LogP) is 12.4. The number of hydrogen-bond donors (Lipinski definition) is 0. The third-order valence-corrected chi connectivity index (χ3v) is 36.3. The van der Waals surface area contributed by atoms with Crippen molar-refractivity contribution in [2.75, 3.05) is 0 Å². The normalized spacial score (nSPS) is 12.8. The van der Waals surface area contributed by atoms with Crippen molar-refractivity contribution in [1.29, 1.82) is 0 Å². The minimum absolute atomic E-state index is 0.459. The van der Waals surface area contributed by atoms with Crippen molar-refractivity contribution in [2.45, 2.75) is 22.5 Å². The molecule has 0 fully saturated rings. The molecule has 0 unspecified atom stereocenters. The van der Waals surface area contributed by atoms with E-state index in [4.69, 9.17) is 0 Å². The van der Waals surface area contributed by atoms with Crippen molar-refractivity contribution in [3.8, 4) is 0 Å². The van der Waals surface area contributed by atoms with Crippen molar-refractivity contribution in [1.82, 2.24) is 0 Å². The standard InChI is InChI=1S/6C6F5.C6H5.C4F9.2Ga/c6*7-2-1-3(8)5(10)6(11)4(2)9;1-2-4-6-5-3-1;5-1(6)2(7,8)3(9,10)4(11,12)13;;/h;;;;;;1-5H;;;/q;;;;;;;;2*-1. The summed E-state index contributed by atoms with van der Waals surface area (Å²) >= 11 is -19.5. The van der Waals surface area contributed by atoms with E-state index in [0.717, 1.165) is 18.2 Å². The van der Waals surface area contributed by atoms with Crippen LogP contribution in [0.25, 0.3) is 0 Å². The van der Waals surface area contributed by atoms with Crippen LogP contribution in [0.15, 0.2) is 30.3 Å². The van der Waals surface area contributed by atoms with Gasteiger partial charge < -0.3 is 0 Å². The van der Waals surface area contributed by atoms with Gasteiger partial charge in [0.05, 0.1) is 0 Å². The fraction of sp³-hybridized carbons (Fsp3) is 0.0870. The molecule has 0 N–H and O–H groups in total. The average Bonchev–Trinajstić information content (AvgIpc) is 0.680. The molecular weight excluding hydrogens is 1430 g/mol. The van der Waals surface area contributed by atoms with Crippen molar-refractivity contribution >= 4 is 58.9 Å². The van der Waals surface area contributed by atoms with Crippen molar-refractivity contribution in [2.24, 2.45) is 0 Å². The van der Waals surface area contributed by atoms with E-state index in [0.29, 0.717) is 12.1 Å². The Bertz CT molecular complexity index is 3510. The summed E-state index contributed by atoms with van der Waals surface area (Å²) in [5, 5.41) is 0. The molecule has 7 rings (SSSR count). The van der Waals surface area contributed by atoms with Gasteiger partial charge >= 0.3 is 457 Å². The molecule has 0 bridgehead atoms. The molecule has 0 spiro atoms. The fourth-order valence-electron chi connectivity index (χ4n) is 9.32. The Morgan fingerprint density at radius 2 is 0.356 bits per heavy atom. The summed E-state index contributed by atoms with van der Waals surface area (Å²) in [5.41, 5.74) is 0. The third-order valence-electron chi connectivity index (χ3n) is 13.1. The van der Waals surface area contributed by atoms with Crippen molar-refractivity contribution in [3.05, 3.63) is 205 Å². The van der Waals surface area contributed by atoms with Crippen LogP contribution in [0.2, 0.25) is 0 Å². The van der Waals surface area contributed by atoms with Gasteiger partial charge in [0.25, 0.3) is 0 Å². The average molecular weight is 1440 g/mol. The van der Waals surface area contributed by atoms with E-state index in [1.807, 2.05) is 0 Å². The topological polar surface area (TPSA) is 0 Å². The van der Waals surface area contributed by atoms with Crippen LogP contribution in [-0.4, -0.2) is 52.6 Å². The van der Waals surface area contributed by atoms with E-state index in [9.17, 15) is 110 Å². The molecule has 87 heavy (non-hydrogen) atoms. The maximum atomic E-state index is 16.1. The molecule has 470 valence electrons. The monoisotopic (exact) mass is 1440 g/mol. The van der Waals surface area contributed by atoms with E-state index in [2.05, 4.69) is 0 Å². The molecule has 0 aliphatic rings. The summed E-state index contributed by atoms with van der Waals surface area (Å²) in [5.74, 6) is -123. The Kier molecular flexibility index (Phi) is 18.2. The third kappa shape index (κ3) is 9.44. The second-order valence-corrected chi connectivity index (χ2v) is 34.8. The van der Waals surface area contributed by atoms with Gasteiger partial charge in [-0.05, 0) is 0 Å². The van der Waals surface area contributed by atoms with Crippen LogP contribution in [-0.2, 0) is 0 Å². The van der Waals surface area contributed by atoms with Crippen LogP contribution in [0, 0.1) is 175 Å². The first-order chi connectivity index (χ1) is 39.7. The van der Waals surface area contributed by atoms with Gasteiger partial charge in [-0.3, -0.25) is 0 Å². The van der Waals surface area contributed by atoms with Gasteiger partial charge in [0.15, 0.2) is 0 Å². The summed E-state index contributed by atoms with van der Waals surface area (Å²) in [7, 11) is 0. The molecule has 0 saturated heterocycles. The molecule has 7 aromatic carbocycles. The Labute approximate surface area is 456 Å². The van der Waals surface area contributed by atoms with Gasteiger partial charge in [-0.2, -0.15) is 0 Å². The van der Waals surface area contributed by atoms with Crippen LogP contribution in [0.1, 0.15) is 0 Å². The molecule has 0 amide bonds. The van der Waals surface area contributed by atoms with E-state index in [1.54, 1.807) is 0 Å². The number of alkyl halides is 9. The number of hydrogen-bond acceptors (Lipinski definition) is 0. The Morgan fingerprint density at radius 3 is 0.529 bits per heavy atom. The van der Waals surface area contributed by atoms with Crippen molar-refractivity contribution in [3.63, 3.8) is 0 Å².